The third kappa shape index (κ3) is 7.28. The molecule has 0 saturated carbocycles. The molecule has 1 saturated heterocycles. The Morgan fingerprint density at radius 3 is 2.05 bits per heavy atom. The minimum Gasteiger partial charge on any atom is -0.313 e. The minimum atomic E-state index is 0.666. The average Bonchev–Trinajstić information content (AvgIpc) is 2.37. The average molecular weight is 269 g/mol. The van der Waals surface area contributed by atoms with E-state index >= 15 is 0 Å². The molecule has 1 aliphatic rings. The van der Waals surface area contributed by atoms with Gasteiger partial charge in [0.15, 0.2) is 0 Å². The van der Waals surface area contributed by atoms with Crippen LogP contribution in [0.3, 0.4) is 0 Å². The molecule has 0 aromatic carbocycles. The van der Waals surface area contributed by atoms with Crippen molar-refractivity contribution >= 4 is 0 Å². The van der Waals surface area contributed by atoms with Crippen LogP contribution in [0.2, 0.25) is 0 Å². The Hall–Kier alpha value is -0.120. The van der Waals surface area contributed by atoms with Gasteiger partial charge in [0.1, 0.15) is 0 Å². The fourth-order valence-corrected chi connectivity index (χ4v) is 2.66. The normalized spacial score (nSPS) is 20.4. The molecular formula is C16H35N3. The van der Waals surface area contributed by atoms with Crippen molar-refractivity contribution in [2.45, 2.75) is 59.5 Å². The van der Waals surface area contributed by atoms with E-state index in [0.29, 0.717) is 12.1 Å². The van der Waals surface area contributed by atoms with Crippen LogP contribution in [0.1, 0.15) is 47.5 Å². The van der Waals surface area contributed by atoms with Crippen LogP contribution in [-0.2, 0) is 0 Å². The van der Waals surface area contributed by atoms with Gasteiger partial charge in [-0.1, -0.05) is 13.8 Å². The van der Waals surface area contributed by atoms with Gasteiger partial charge < -0.3 is 5.32 Å². The summed E-state index contributed by atoms with van der Waals surface area (Å²) in [6, 6.07) is 1.37. The molecule has 0 aliphatic carbocycles. The first-order chi connectivity index (χ1) is 8.99. The van der Waals surface area contributed by atoms with Crippen molar-refractivity contribution in [2.75, 3.05) is 39.3 Å². The lowest BCUT2D eigenvalue weighted by molar-refractivity contribution is 0.108. The molecule has 114 valence electrons. The molecule has 3 heteroatoms. The number of hydrogen-bond acceptors (Lipinski definition) is 3. The summed E-state index contributed by atoms with van der Waals surface area (Å²) in [6.07, 6.45) is 2.64. The second kappa shape index (κ2) is 8.93. The lowest BCUT2D eigenvalue weighted by atomic mass is 10.0. The van der Waals surface area contributed by atoms with Crippen molar-refractivity contribution in [1.82, 2.24) is 15.1 Å². The molecule has 3 nitrogen and oxygen atoms in total. The predicted molar refractivity (Wildman–Crippen MR) is 84.7 cm³/mol. The van der Waals surface area contributed by atoms with Gasteiger partial charge in [-0.2, -0.15) is 0 Å². The number of hydrogen-bond donors (Lipinski definition) is 1. The first-order valence-electron chi connectivity index (χ1n) is 8.18. The highest BCUT2D eigenvalue weighted by Crippen LogP contribution is 2.07. The van der Waals surface area contributed by atoms with E-state index in [-0.39, 0.29) is 0 Å². The van der Waals surface area contributed by atoms with Crippen LogP contribution in [0.4, 0.5) is 0 Å². The smallest absolute Gasteiger partial charge is 0.0113 e. The molecule has 1 atom stereocenters. The molecule has 0 aromatic heterocycles. The summed E-state index contributed by atoms with van der Waals surface area (Å²) in [5.74, 6) is 0.827. The summed E-state index contributed by atoms with van der Waals surface area (Å²) in [4.78, 5) is 5.18. The second-order valence-corrected chi connectivity index (χ2v) is 6.80. The Balaban J connectivity index is 2.04. The summed E-state index contributed by atoms with van der Waals surface area (Å²) in [5, 5.41) is 3.66. The van der Waals surface area contributed by atoms with Crippen molar-refractivity contribution in [2.24, 2.45) is 5.92 Å². The maximum atomic E-state index is 3.66. The largest absolute Gasteiger partial charge is 0.313 e. The van der Waals surface area contributed by atoms with Gasteiger partial charge >= 0.3 is 0 Å². The maximum absolute atomic E-state index is 3.66. The first kappa shape index (κ1) is 16.9. The summed E-state index contributed by atoms with van der Waals surface area (Å²) in [7, 11) is 0. The van der Waals surface area contributed by atoms with E-state index in [1.165, 1.54) is 45.6 Å². The van der Waals surface area contributed by atoms with Crippen molar-refractivity contribution in [3.63, 3.8) is 0 Å². The zero-order valence-corrected chi connectivity index (χ0v) is 13.8. The Bertz CT molecular complexity index is 220. The topological polar surface area (TPSA) is 18.5 Å². The molecule has 19 heavy (non-hydrogen) atoms. The third-order valence-corrected chi connectivity index (χ3v) is 4.24. The number of nitrogens with zero attached hydrogens (tertiary/aromatic N) is 2. The molecule has 1 unspecified atom stereocenters. The van der Waals surface area contributed by atoms with Crippen LogP contribution in [-0.4, -0.2) is 61.2 Å². The molecule has 0 spiro atoms. The molecule has 1 heterocycles. The summed E-state index contributed by atoms with van der Waals surface area (Å²) < 4.78 is 0. The third-order valence-electron chi connectivity index (χ3n) is 4.24. The van der Waals surface area contributed by atoms with E-state index < -0.39 is 0 Å². The predicted octanol–water partition coefficient (Wildman–Crippen LogP) is 2.43. The van der Waals surface area contributed by atoms with Crippen molar-refractivity contribution < 1.29 is 0 Å². The summed E-state index contributed by atoms with van der Waals surface area (Å²) in [6.45, 7) is 18.8. The van der Waals surface area contributed by atoms with Gasteiger partial charge in [0, 0.05) is 51.4 Å². The van der Waals surface area contributed by atoms with Gasteiger partial charge in [0.25, 0.3) is 0 Å². The fraction of sp³-hybridized carbons (Fsp3) is 1.00. The Kier molecular flexibility index (Phi) is 7.96. The first-order valence-corrected chi connectivity index (χ1v) is 8.18. The highest BCUT2D eigenvalue weighted by Gasteiger charge is 2.18. The lowest BCUT2D eigenvalue weighted by Gasteiger charge is -2.37. The van der Waals surface area contributed by atoms with E-state index in [1.807, 2.05) is 0 Å². The van der Waals surface area contributed by atoms with E-state index in [9.17, 15) is 0 Å². The van der Waals surface area contributed by atoms with Crippen molar-refractivity contribution in [3.8, 4) is 0 Å². The van der Waals surface area contributed by atoms with Gasteiger partial charge in [0.05, 0.1) is 0 Å². The molecule has 1 fully saturated rings. The van der Waals surface area contributed by atoms with Crippen LogP contribution in [0.5, 0.6) is 0 Å². The lowest BCUT2D eigenvalue weighted by Crippen LogP contribution is -2.50. The van der Waals surface area contributed by atoms with Gasteiger partial charge in [-0.05, 0) is 39.5 Å². The standard InChI is InChI=1S/C16H35N3/c1-14(2)6-7-16(5)17-8-9-18-10-12-19(13-11-18)15(3)4/h14-17H,6-13H2,1-5H3. The zero-order chi connectivity index (χ0) is 14.3. The molecule has 1 rings (SSSR count). The van der Waals surface area contributed by atoms with E-state index in [1.54, 1.807) is 0 Å². The van der Waals surface area contributed by atoms with E-state index in [4.69, 9.17) is 0 Å². The SMILES string of the molecule is CC(C)CCC(C)NCCN1CCN(C(C)C)CC1. The summed E-state index contributed by atoms with van der Waals surface area (Å²) >= 11 is 0. The monoisotopic (exact) mass is 269 g/mol. The van der Waals surface area contributed by atoms with Gasteiger partial charge in [-0.15, -0.1) is 0 Å². The highest BCUT2D eigenvalue weighted by atomic mass is 15.3. The number of nitrogens with one attached hydrogen (secondary N) is 1. The summed E-state index contributed by atoms with van der Waals surface area (Å²) in [5.41, 5.74) is 0. The van der Waals surface area contributed by atoms with Crippen LogP contribution < -0.4 is 5.32 Å². The molecule has 0 amide bonds. The van der Waals surface area contributed by atoms with Gasteiger partial charge in [0.2, 0.25) is 0 Å². The van der Waals surface area contributed by atoms with Gasteiger partial charge in [-0.25, -0.2) is 0 Å². The number of rotatable bonds is 8. The second-order valence-electron chi connectivity index (χ2n) is 6.80. The van der Waals surface area contributed by atoms with Crippen LogP contribution in [0.25, 0.3) is 0 Å². The molecule has 0 radical (unpaired) electrons. The quantitative estimate of drug-likeness (QED) is 0.730. The van der Waals surface area contributed by atoms with Crippen molar-refractivity contribution in [3.05, 3.63) is 0 Å². The van der Waals surface area contributed by atoms with Crippen LogP contribution >= 0.6 is 0 Å². The minimum absolute atomic E-state index is 0.666. The van der Waals surface area contributed by atoms with Crippen LogP contribution in [0, 0.1) is 5.92 Å². The fourth-order valence-electron chi connectivity index (χ4n) is 2.66. The Labute approximate surface area is 120 Å². The molecule has 0 bridgehead atoms. The van der Waals surface area contributed by atoms with E-state index in [2.05, 4.69) is 49.7 Å². The van der Waals surface area contributed by atoms with E-state index in [0.717, 1.165) is 12.5 Å². The number of piperazine rings is 1. The molecule has 1 N–H and O–H groups in total. The maximum Gasteiger partial charge on any atom is 0.0113 e. The van der Waals surface area contributed by atoms with Crippen molar-refractivity contribution in [1.29, 1.82) is 0 Å². The zero-order valence-electron chi connectivity index (χ0n) is 13.8. The van der Waals surface area contributed by atoms with Crippen LogP contribution in [0.15, 0.2) is 0 Å². The Morgan fingerprint density at radius 1 is 0.895 bits per heavy atom. The van der Waals surface area contributed by atoms with Gasteiger partial charge in [-0.3, -0.25) is 9.80 Å². The molecule has 1 aliphatic heterocycles. The highest BCUT2D eigenvalue weighted by molar-refractivity contribution is 4.75. The molecular weight excluding hydrogens is 234 g/mol. The Morgan fingerprint density at radius 2 is 1.53 bits per heavy atom. The molecule has 0 aromatic rings.